The zero-order valence-corrected chi connectivity index (χ0v) is 14.3. The lowest BCUT2D eigenvalue weighted by Gasteiger charge is -2.24. The summed E-state index contributed by atoms with van der Waals surface area (Å²) in [6.07, 6.45) is 0. The van der Waals surface area contributed by atoms with Crippen LogP contribution in [0.5, 0.6) is 5.75 Å². The van der Waals surface area contributed by atoms with Crippen LogP contribution in [0.3, 0.4) is 0 Å². The molecule has 0 aromatic heterocycles. The first-order chi connectivity index (χ1) is 11.5. The van der Waals surface area contributed by atoms with Crippen molar-refractivity contribution in [2.45, 2.75) is 19.9 Å². The third kappa shape index (κ3) is 5.06. The summed E-state index contributed by atoms with van der Waals surface area (Å²) >= 11 is 0. The molecule has 2 aromatic carbocycles. The van der Waals surface area contributed by atoms with Gasteiger partial charge >= 0.3 is 0 Å². The van der Waals surface area contributed by atoms with Crippen molar-refractivity contribution in [1.82, 2.24) is 4.90 Å². The van der Waals surface area contributed by atoms with E-state index in [0.717, 1.165) is 11.3 Å². The number of para-hydroxylation sites is 1. The molecule has 0 heterocycles. The fourth-order valence-corrected chi connectivity index (χ4v) is 2.18. The van der Waals surface area contributed by atoms with E-state index >= 15 is 0 Å². The molecule has 0 radical (unpaired) electrons. The number of nitrogens with zero attached hydrogens (tertiary/aromatic N) is 1. The number of amides is 1. The minimum Gasteiger partial charge on any atom is -0.492 e. The lowest BCUT2D eigenvalue weighted by atomic mass is 10.2. The van der Waals surface area contributed by atoms with Crippen molar-refractivity contribution in [3.63, 3.8) is 0 Å². The van der Waals surface area contributed by atoms with Gasteiger partial charge in [-0.15, -0.1) is 0 Å². The van der Waals surface area contributed by atoms with E-state index < -0.39 is 11.9 Å². The average molecular weight is 330 g/mol. The number of benzene rings is 2. The summed E-state index contributed by atoms with van der Waals surface area (Å²) in [4.78, 5) is 14.1. The molecule has 0 bridgehead atoms. The van der Waals surface area contributed by atoms with Gasteiger partial charge in [0.25, 0.3) is 0 Å². The Kier molecular flexibility index (Phi) is 6.32. The van der Waals surface area contributed by atoms with Crippen molar-refractivity contribution < 1.29 is 13.9 Å². The molecule has 24 heavy (non-hydrogen) atoms. The highest BCUT2D eigenvalue weighted by Crippen LogP contribution is 2.16. The molecule has 4 nitrogen and oxygen atoms in total. The molecule has 128 valence electrons. The molecule has 1 N–H and O–H groups in total. The van der Waals surface area contributed by atoms with Gasteiger partial charge in [0, 0.05) is 6.54 Å². The average Bonchev–Trinajstić information content (AvgIpc) is 2.57. The topological polar surface area (TPSA) is 41.6 Å². The summed E-state index contributed by atoms with van der Waals surface area (Å²) in [5, 5.41) is 2.63. The predicted molar refractivity (Wildman–Crippen MR) is 93.8 cm³/mol. The molecule has 0 aliphatic carbocycles. The molecule has 0 saturated carbocycles. The quantitative estimate of drug-likeness (QED) is 0.845. The van der Waals surface area contributed by atoms with Crippen molar-refractivity contribution in [3.8, 4) is 5.75 Å². The molecule has 0 aliphatic heterocycles. The van der Waals surface area contributed by atoms with Crippen LogP contribution in [0, 0.1) is 12.7 Å². The van der Waals surface area contributed by atoms with Crippen molar-refractivity contribution in [1.29, 1.82) is 0 Å². The van der Waals surface area contributed by atoms with Gasteiger partial charge in [-0.05, 0) is 50.7 Å². The maximum absolute atomic E-state index is 13.8. The minimum atomic E-state index is -0.425. The van der Waals surface area contributed by atoms with Gasteiger partial charge in [-0.1, -0.05) is 24.3 Å². The zero-order valence-electron chi connectivity index (χ0n) is 14.3. The lowest BCUT2D eigenvalue weighted by Crippen LogP contribution is -2.41. The first-order valence-electron chi connectivity index (χ1n) is 7.92. The highest BCUT2D eigenvalue weighted by Gasteiger charge is 2.19. The van der Waals surface area contributed by atoms with Crippen molar-refractivity contribution in [2.24, 2.45) is 0 Å². The highest BCUT2D eigenvalue weighted by molar-refractivity contribution is 5.94. The van der Waals surface area contributed by atoms with E-state index in [4.69, 9.17) is 4.74 Å². The van der Waals surface area contributed by atoms with Gasteiger partial charge in [0.15, 0.2) is 0 Å². The van der Waals surface area contributed by atoms with Crippen LogP contribution in [-0.4, -0.2) is 37.0 Å². The first-order valence-corrected chi connectivity index (χ1v) is 7.92. The monoisotopic (exact) mass is 330 g/mol. The normalized spacial score (nSPS) is 12.0. The Morgan fingerprint density at radius 1 is 1.25 bits per heavy atom. The smallest absolute Gasteiger partial charge is 0.241 e. The second-order valence-corrected chi connectivity index (χ2v) is 5.79. The number of halogens is 1. The van der Waals surface area contributed by atoms with Crippen LogP contribution >= 0.6 is 0 Å². The standard InChI is InChI=1S/C19H23FN2O2/c1-14-9-10-18(17(20)13-14)21-19(23)15(2)22(3)11-12-24-16-7-5-4-6-8-16/h4-10,13,15H,11-12H2,1-3H3,(H,21,23). The largest absolute Gasteiger partial charge is 0.492 e. The van der Waals surface area contributed by atoms with Crippen LogP contribution in [0.2, 0.25) is 0 Å². The second-order valence-electron chi connectivity index (χ2n) is 5.79. The number of likely N-dealkylation sites (N-methyl/N-ethyl adjacent to an activating group) is 1. The number of anilines is 1. The van der Waals surface area contributed by atoms with Crippen molar-refractivity contribution in [3.05, 3.63) is 59.9 Å². The van der Waals surface area contributed by atoms with E-state index in [2.05, 4.69) is 5.32 Å². The van der Waals surface area contributed by atoms with Crippen LogP contribution in [0.4, 0.5) is 10.1 Å². The van der Waals surface area contributed by atoms with Crippen molar-refractivity contribution >= 4 is 11.6 Å². The number of hydrogen-bond donors (Lipinski definition) is 1. The van der Waals surface area contributed by atoms with E-state index in [0.29, 0.717) is 13.2 Å². The number of ether oxygens (including phenoxy) is 1. The zero-order chi connectivity index (χ0) is 17.5. The van der Waals surface area contributed by atoms with E-state index in [-0.39, 0.29) is 11.6 Å². The molecule has 0 spiro atoms. The summed E-state index contributed by atoms with van der Waals surface area (Å²) in [6.45, 7) is 4.64. The number of aryl methyl sites for hydroxylation is 1. The summed E-state index contributed by atoms with van der Waals surface area (Å²) in [5.41, 5.74) is 1.01. The fraction of sp³-hybridized carbons (Fsp3) is 0.316. The highest BCUT2D eigenvalue weighted by atomic mass is 19.1. The van der Waals surface area contributed by atoms with Gasteiger partial charge in [0.05, 0.1) is 11.7 Å². The Morgan fingerprint density at radius 3 is 2.62 bits per heavy atom. The lowest BCUT2D eigenvalue weighted by molar-refractivity contribution is -0.120. The molecule has 1 amide bonds. The van der Waals surface area contributed by atoms with Gasteiger partial charge in [0.2, 0.25) is 5.91 Å². The molecule has 1 unspecified atom stereocenters. The molecular weight excluding hydrogens is 307 g/mol. The number of carbonyl (C=O) groups excluding carboxylic acids is 1. The SMILES string of the molecule is Cc1ccc(NC(=O)C(C)N(C)CCOc2ccccc2)c(F)c1. The van der Waals surface area contributed by atoms with E-state index in [1.807, 2.05) is 42.3 Å². The molecule has 5 heteroatoms. The van der Waals surface area contributed by atoms with Crippen LogP contribution in [0.15, 0.2) is 48.5 Å². The predicted octanol–water partition coefficient (Wildman–Crippen LogP) is 3.47. The third-order valence-electron chi connectivity index (χ3n) is 3.88. The Bertz CT molecular complexity index is 676. The summed E-state index contributed by atoms with van der Waals surface area (Å²) in [6, 6.07) is 13.9. The Labute approximate surface area is 142 Å². The molecule has 2 aromatic rings. The van der Waals surface area contributed by atoms with Gasteiger partial charge in [-0.3, -0.25) is 9.69 Å². The molecule has 0 fully saturated rings. The fourth-order valence-electron chi connectivity index (χ4n) is 2.18. The molecule has 0 aliphatic rings. The Morgan fingerprint density at radius 2 is 1.96 bits per heavy atom. The summed E-state index contributed by atoms with van der Waals surface area (Å²) < 4.78 is 19.4. The maximum Gasteiger partial charge on any atom is 0.241 e. The minimum absolute atomic E-state index is 0.200. The summed E-state index contributed by atoms with van der Waals surface area (Å²) in [5.74, 6) is 0.121. The van der Waals surface area contributed by atoms with E-state index in [1.165, 1.54) is 6.07 Å². The van der Waals surface area contributed by atoms with E-state index in [9.17, 15) is 9.18 Å². The maximum atomic E-state index is 13.8. The summed E-state index contributed by atoms with van der Waals surface area (Å²) in [7, 11) is 1.84. The van der Waals surface area contributed by atoms with Gasteiger partial charge in [0.1, 0.15) is 18.2 Å². The first kappa shape index (κ1) is 17.9. The number of rotatable bonds is 7. The molecule has 2 rings (SSSR count). The Balaban J connectivity index is 1.83. The second kappa shape index (κ2) is 8.45. The number of carbonyl (C=O) groups is 1. The Hall–Kier alpha value is -2.40. The number of nitrogens with one attached hydrogen (secondary N) is 1. The third-order valence-corrected chi connectivity index (χ3v) is 3.88. The van der Waals surface area contributed by atoms with Crippen molar-refractivity contribution in [2.75, 3.05) is 25.5 Å². The van der Waals surface area contributed by atoms with Crippen LogP contribution < -0.4 is 10.1 Å². The van der Waals surface area contributed by atoms with Gasteiger partial charge in [-0.2, -0.15) is 0 Å². The number of hydrogen-bond acceptors (Lipinski definition) is 3. The van der Waals surface area contributed by atoms with Crippen LogP contribution in [-0.2, 0) is 4.79 Å². The molecular formula is C19H23FN2O2. The van der Waals surface area contributed by atoms with E-state index in [1.54, 1.807) is 26.0 Å². The molecule has 0 saturated heterocycles. The van der Waals surface area contributed by atoms with Crippen LogP contribution in [0.25, 0.3) is 0 Å². The molecule has 1 atom stereocenters. The van der Waals surface area contributed by atoms with Gasteiger partial charge < -0.3 is 10.1 Å². The van der Waals surface area contributed by atoms with Gasteiger partial charge in [-0.25, -0.2) is 4.39 Å². The van der Waals surface area contributed by atoms with Crippen LogP contribution in [0.1, 0.15) is 12.5 Å².